The molecule has 0 radical (unpaired) electrons. The van der Waals surface area contributed by atoms with Gasteiger partial charge in [0.2, 0.25) is 0 Å². The normalized spacial score (nSPS) is 11.9. The zero-order chi connectivity index (χ0) is 25.6. The van der Waals surface area contributed by atoms with Crippen LogP contribution in [0.4, 0.5) is 13.2 Å². The Hall–Kier alpha value is -4.46. The summed E-state index contributed by atoms with van der Waals surface area (Å²) in [5.41, 5.74) is -0.0989. The Morgan fingerprint density at radius 3 is 2.40 bits per heavy atom. The van der Waals surface area contributed by atoms with Crippen LogP contribution in [0.3, 0.4) is 0 Å². The van der Waals surface area contributed by atoms with Crippen LogP contribution in [0.2, 0.25) is 0 Å². The van der Waals surface area contributed by atoms with E-state index in [0.29, 0.717) is 10.9 Å². The van der Waals surface area contributed by atoms with E-state index in [9.17, 15) is 27.6 Å². The number of carbonyl (C=O) groups is 3. The smallest absolute Gasteiger partial charge is 0.345 e. The summed E-state index contributed by atoms with van der Waals surface area (Å²) in [6.45, 7) is 7.69. The standard InChI is InChI=1S/C24H20F3N5O3/c1-14(18-11-20(24(25,26)27)32-19-10-6-5-9-17(18)19)31-21(33)16-8-4-3-7-15(16)12-29-22(34)23(35)30-13-28-2/h3-11,14H,12-13H2,1H3,(H,29,34)(H,30,35)(H,31,33)/t14-/m0/s1. The predicted octanol–water partition coefficient (Wildman–Crippen LogP) is 3.35. The van der Waals surface area contributed by atoms with Crippen LogP contribution >= 0.6 is 0 Å². The van der Waals surface area contributed by atoms with Crippen LogP contribution in [-0.2, 0) is 22.3 Å². The largest absolute Gasteiger partial charge is 0.433 e. The van der Waals surface area contributed by atoms with Crippen molar-refractivity contribution in [2.75, 3.05) is 6.67 Å². The molecule has 0 saturated carbocycles. The Morgan fingerprint density at radius 1 is 1.03 bits per heavy atom. The van der Waals surface area contributed by atoms with Gasteiger partial charge in [-0.1, -0.05) is 36.4 Å². The third-order valence-electron chi connectivity index (χ3n) is 5.08. The van der Waals surface area contributed by atoms with Gasteiger partial charge in [-0.05, 0) is 36.2 Å². The van der Waals surface area contributed by atoms with Crippen molar-refractivity contribution in [3.05, 3.63) is 88.4 Å². The number of nitrogens with zero attached hydrogens (tertiary/aromatic N) is 2. The number of pyridine rings is 1. The monoisotopic (exact) mass is 483 g/mol. The summed E-state index contributed by atoms with van der Waals surface area (Å²) in [5, 5.41) is 7.65. The summed E-state index contributed by atoms with van der Waals surface area (Å²) in [4.78, 5) is 43.1. The summed E-state index contributed by atoms with van der Waals surface area (Å²) in [6, 6.07) is 12.7. The van der Waals surface area contributed by atoms with E-state index in [1.165, 1.54) is 12.1 Å². The van der Waals surface area contributed by atoms with Gasteiger partial charge in [-0.15, -0.1) is 0 Å². The number of fused-ring (bicyclic) bond motifs is 1. The predicted molar refractivity (Wildman–Crippen MR) is 121 cm³/mol. The van der Waals surface area contributed by atoms with Gasteiger partial charge in [0.1, 0.15) is 5.69 Å². The number of rotatable bonds is 6. The SMILES string of the molecule is [C-]#[N+]CNC(=O)C(=O)NCc1ccccc1C(=O)N[C@@H](C)c1cc(C(F)(F)F)nc2ccccc12. The van der Waals surface area contributed by atoms with Gasteiger partial charge in [-0.25, -0.2) is 11.6 Å². The van der Waals surface area contributed by atoms with E-state index >= 15 is 0 Å². The second kappa shape index (κ2) is 10.6. The number of carbonyl (C=O) groups excluding carboxylic acids is 3. The molecular weight excluding hydrogens is 463 g/mol. The van der Waals surface area contributed by atoms with E-state index in [1.807, 2.05) is 0 Å². The molecule has 0 spiro atoms. The summed E-state index contributed by atoms with van der Waals surface area (Å²) in [6.07, 6.45) is -4.66. The van der Waals surface area contributed by atoms with Crippen LogP contribution in [0.1, 0.15) is 40.1 Å². The molecule has 8 nitrogen and oxygen atoms in total. The highest BCUT2D eigenvalue weighted by atomic mass is 19.4. The molecule has 1 atom stereocenters. The Labute approximate surface area is 198 Å². The highest BCUT2D eigenvalue weighted by molar-refractivity contribution is 6.35. The molecule has 180 valence electrons. The lowest BCUT2D eigenvalue weighted by atomic mass is 10.0. The molecule has 3 aromatic rings. The van der Waals surface area contributed by atoms with Gasteiger partial charge in [0.25, 0.3) is 12.6 Å². The molecule has 3 rings (SSSR count). The molecule has 35 heavy (non-hydrogen) atoms. The molecule has 0 bridgehead atoms. The topological polar surface area (TPSA) is 105 Å². The zero-order valence-corrected chi connectivity index (χ0v) is 18.4. The summed E-state index contributed by atoms with van der Waals surface area (Å²) >= 11 is 0. The van der Waals surface area contributed by atoms with Crippen LogP contribution < -0.4 is 16.0 Å². The van der Waals surface area contributed by atoms with Crippen molar-refractivity contribution >= 4 is 28.6 Å². The fourth-order valence-corrected chi connectivity index (χ4v) is 3.40. The molecule has 0 fully saturated rings. The number of hydrogen-bond acceptors (Lipinski definition) is 4. The molecule has 3 N–H and O–H groups in total. The molecule has 0 aliphatic heterocycles. The lowest BCUT2D eigenvalue weighted by Crippen LogP contribution is -2.39. The molecule has 0 saturated heterocycles. The van der Waals surface area contributed by atoms with Gasteiger partial charge in [0, 0.05) is 17.5 Å². The molecule has 3 amide bonds. The van der Waals surface area contributed by atoms with Gasteiger partial charge >= 0.3 is 18.0 Å². The Morgan fingerprint density at radius 2 is 1.69 bits per heavy atom. The van der Waals surface area contributed by atoms with Crippen molar-refractivity contribution in [1.82, 2.24) is 20.9 Å². The van der Waals surface area contributed by atoms with Crippen LogP contribution in [0.5, 0.6) is 0 Å². The maximum absolute atomic E-state index is 13.4. The van der Waals surface area contributed by atoms with E-state index in [0.717, 1.165) is 6.07 Å². The van der Waals surface area contributed by atoms with Gasteiger partial charge in [-0.2, -0.15) is 13.2 Å². The molecular formula is C24H20F3N5O3. The molecule has 0 unspecified atom stereocenters. The summed E-state index contributed by atoms with van der Waals surface area (Å²) in [7, 11) is 0. The first-order chi connectivity index (χ1) is 16.6. The number of amides is 3. The van der Waals surface area contributed by atoms with E-state index < -0.39 is 35.6 Å². The summed E-state index contributed by atoms with van der Waals surface area (Å²) in [5.74, 6) is -2.53. The minimum Gasteiger partial charge on any atom is -0.345 e. The molecule has 0 aliphatic carbocycles. The van der Waals surface area contributed by atoms with E-state index in [1.54, 1.807) is 43.3 Å². The molecule has 1 heterocycles. The number of aromatic nitrogens is 1. The van der Waals surface area contributed by atoms with Crippen molar-refractivity contribution < 1.29 is 27.6 Å². The lowest BCUT2D eigenvalue weighted by molar-refractivity contribution is -0.141. The zero-order valence-electron chi connectivity index (χ0n) is 18.4. The van der Waals surface area contributed by atoms with Gasteiger partial charge in [0.05, 0.1) is 11.6 Å². The number of nitrogens with one attached hydrogen (secondary N) is 3. The van der Waals surface area contributed by atoms with Crippen molar-refractivity contribution in [1.29, 1.82) is 0 Å². The highest BCUT2D eigenvalue weighted by Gasteiger charge is 2.34. The van der Waals surface area contributed by atoms with Crippen LogP contribution in [0, 0.1) is 6.57 Å². The Bertz CT molecular complexity index is 1320. The molecule has 1 aromatic heterocycles. The highest BCUT2D eigenvalue weighted by Crippen LogP contribution is 2.33. The first-order valence-corrected chi connectivity index (χ1v) is 10.4. The average molecular weight is 483 g/mol. The molecule has 0 aliphatic rings. The fraction of sp³-hybridized carbons (Fsp3) is 0.208. The number of hydrogen-bond donors (Lipinski definition) is 3. The maximum Gasteiger partial charge on any atom is 0.433 e. The third-order valence-corrected chi connectivity index (χ3v) is 5.08. The second-order valence-corrected chi connectivity index (χ2v) is 7.47. The van der Waals surface area contributed by atoms with Crippen molar-refractivity contribution in [2.45, 2.75) is 25.7 Å². The minimum absolute atomic E-state index is 0.151. The number of halogens is 3. The second-order valence-electron chi connectivity index (χ2n) is 7.47. The third kappa shape index (κ3) is 6.11. The Balaban J connectivity index is 1.81. The number of para-hydroxylation sites is 1. The number of benzene rings is 2. The first-order valence-electron chi connectivity index (χ1n) is 10.4. The van der Waals surface area contributed by atoms with Crippen LogP contribution in [0.25, 0.3) is 15.7 Å². The molecule has 11 heteroatoms. The van der Waals surface area contributed by atoms with E-state index in [2.05, 4.69) is 25.8 Å². The quantitative estimate of drug-likeness (QED) is 0.370. The van der Waals surface area contributed by atoms with Gasteiger partial charge < -0.3 is 10.6 Å². The lowest BCUT2D eigenvalue weighted by Gasteiger charge is -2.19. The fourth-order valence-electron chi connectivity index (χ4n) is 3.40. The number of alkyl halides is 3. The van der Waals surface area contributed by atoms with E-state index in [4.69, 9.17) is 6.57 Å². The summed E-state index contributed by atoms with van der Waals surface area (Å²) < 4.78 is 40.2. The average Bonchev–Trinajstić information content (AvgIpc) is 2.84. The van der Waals surface area contributed by atoms with Crippen LogP contribution in [-0.4, -0.2) is 29.4 Å². The van der Waals surface area contributed by atoms with Crippen LogP contribution in [0.15, 0.2) is 54.6 Å². The van der Waals surface area contributed by atoms with E-state index in [-0.39, 0.29) is 29.9 Å². The first kappa shape index (κ1) is 25.2. The minimum atomic E-state index is -4.66. The maximum atomic E-state index is 13.4. The van der Waals surface area contributed by atoms with Crippen molar-refractivity contribution in [3.63, 3.8) is 0 Å². The van der Waals surface area contributed by atoms with Gasteiger partial charge in [0.15, 0.2) is 0 Å². The van der Waals surface area contributed by atoms with Crippen molar-refractivity contribution in [3.8, 4) is 0 Å². The Kier molecular flexibility index (Phi) is 7.66. The molecule has 2 aromatic carbocycles. The van der Waals surface area contributed by atoms with Crippen molar-refractivity contribution in [2.24, 2.45) is 0 Å². The van der Waals surface area contributed by atoms with Gasteiger partial charge in [-0.3, -0.25) is 24.5 Å².